The second-order valence-corrected chi connectivity index (χ2v) is 5.39. The third-order valence-electron chi connectivity index (χ3n) is 3.86. The van der Waals surface area contributed by atoms with Crippen molar-refractivity contribution in [2.75, 3.05) is 0 Å². The van der Waals surface area contributed by atoms with Crippen LogP contribution in [0, 0.1) is 17.0 Å². The molecule has 1 aromatic carbocycles. The minimum absolute atomic E-state index is 0.0846. The first-order valence-electron chi connectivity index (χ1n) is 7.14. The van der Waals surface area contributed by atoms with Crippen LogP contribution >= 0.6 is 0 Å². The summed E-state index contributed by atoms with van der Waals surface area (Å²) in [5.74, 6) is -0.327. The van der Waals surface area contributed by atoms with Crippen LogP contribution in [-0.4, -0.2) is 16.9 Å². The van der Waals surface area contributed by atoms with Crippen LogP contribution in [0.2, 0.25) is 0 Å². The van der Waals surface area contributed by atoms with Crippen molar-refractivity contribution in [3.63, 3.8) is 0 Å². The van der Waals surface area contributed by atoms with Gasteiger partial charge < -0.3 is 5.32 Å². The number of nitrogens with zero attached hydrogens (tertiary/aromatic N) is 1. The van der Waals surface area contributed by atoms with Crippen molar-refractivity contribution in [3.05, 3.63) is 39.4 Å². The van der Waals surface area contributed by atoms with E-state index >= 15 is 0 Å². The third-order valence-corrected chi connectivity index (χ3v) is 3.86. The Hall–Kier alpha value is -1.91. The molecule has 0 radical (unpaired) electrons. The Labute approximate surface area is 118 Å². The summed E-state index contributed by atoms with van der Waals surface area (Å²) in [7, 11) is 0. The van der Waals surface area contributed by atoms with Gasteiger partial charge in [0.2, 0.25) is 0 Å². The standard InChI is InChI=1S/C15H20N2O3/c1-11-7-6-10-13(14(11)17(19)20)15(18)16-12-8-4-2-3-5-9-12/h6-7,10,12H,2-5,8-9H2,1H3,(H,16,18). The molecule has 108 valence electrons. The summed E-state index contributed by atoms with van der Waals surface area (Å²) < 4.78 is 0. The molecule has 0 saturated heterocycles. The maximum Gasteiger partial charge on any atom is 0.285 e. The molecule has 1 aromatic rings. The van der Waals surface area contributed by atoms with Crippen molar-refractivity contribution in [1.82, 2.24) is 5.32 Å². The van der Waals surface area contributed by atoms with E-state index in [1.54, 1.807) is 19.1 Å². The molecule has 5 nitrogen and oxygen atoms in total. The van der Waals surface area contributed by atoms with Crippen LogP contribution in [-0.2, 0) is 0 Å². The van der Waals surface area contributed by atoms with Crippen LogP contribution in [0.4, 0.5) is 5.69 Å². The normalized spacial score (nSPS) is 16.4. The number of nitro benzene ring substituents is 1. The molecule has 0 spiro atoms. The highest BCUT2D eigenvalue weighted by Crippen LogP contribution is 2.24. The van der Waals surface area contributed by atoms with Gasteiger partial charge in [-0.25, -0.2) is 0 Å². The lowest BCUT2D eigenvalue weighted by molar-refractivity contribution is -0.385. The topological polar surface area (TPSA) is 72.2 Å². The predicted octanol–water partition coefficient (Wildman–Crippen LogP) is 3.36. The Morgan fingerprint density at radius 3 is 2.50 bits per heavy atom. The number of carbonyl (C=O) groups excluding carboxylic acids is 1. The third kappa shape index (κ3) is 3.35. The number of hydrogen-bond acceptors (Lipinski definition) is 3. The molecule has 1 N–H and O–H groups in total. The molecule has 2 rings (SSSR count). The van der Waals surface area contributed by atoms with E-state index in [0.717, 1.165) is 25.7 Å². The highest BCUT2D eigenvalue weighted by Gasteiger charge is 2.24. The summed E-state index contributed by atoms with van der Waals surface area (Å²) in [6.07, 6.45) is 6.56. The Morgan fingerprint density at radius 1 is 1.25 bits per heavy atom. The van der Waals surface area contributed by atoms with E-state index in [1.165, 1.54) is 18.9 Å². The van der Waals surface area contributed by atoms with Gasteiger partial charge in [0.1, 0.15) is 5.56 Å². The van der Waals surface area contributed by atoms with Gasteiger partial charge >= 0.3 is 0 Å². The van der Waals surface area contributed by atoms with Gasteiger partial charge in [0.15, 0.2) is 0 Å². The van der Waals surface area contributed by atoms with Gasteiger partial charge in [-0.05, 0) is 25.8 Å². The highest BCUT2D eigenvalue weighted by atomic mass is 16.6. The van der Waals surface area contributed by atoms with E-state index in [9.17, 15) is 14.9 Å². The van der Waals surface area contributed by atoms with Gasteiger partial charge in [0.25, 0.3) is 11.6 Å². The number of amides is 1. The van der Waals surface area contributed by atoms with Crippen molar-refractivity contribution >= 4 is 11.6 Å². The van der Waals surface area contributed by atoms with Crippen molar-refractivity contribution in [3.8, 4) is 0 Å². The number of carbonyl (C=O) groups is 1. The first-order valence-corrected chi connectivity index (χ1v) is 7.14. The fourth-order valence-electron chi connectivity index (χ4n) is 2.77. The molecule has 0 aromatic heterocycles. The summed E-state index contributed by atoms with van der Waals surface area (Å²) in [4.78, 5) is 22.9. The second-order valence-electron chi connectivity index (χ2n) is 5.39. The fraction of sp³-hybridized carbons (Fsp3) is 0.533. The van der Waals surface area contributed by atoms with Gasteiger partial charge in [0.05, 0.1) is 4.92 Å². The van der Waals surface area contributed by atoms with Crippen LogP contribution in [0.5, 0.6) is 0 Å². The van der Waals surface area contributed by atoms with Gasteiger partial charge in [-0.3, -0.25) is 14.9 Å². The zero-order valence-electron chi connectivity index (χ0n) is 11.7. The van der Waals surface area contributed by atoms with Gasteiger partial charge in [-0.2, -0.15) is 0 Å². The number of para-hydroxylation sites is 1. The summed E-state index contributed by atoms with van der Waals surface area (Å²) in [5.41, 5.74) is 0.599. The monoisotopic (exact) mass is 276 g/mol. The maximum absolute atomic E-state index is 12.3. The van der Waals surface area contributed by atoms with E-state index in [2.05, 4.69) is 5.32 Å². The Kier molecular flexibility index (Phi) is 4.71. The van der Waals surface area contributed by atoms with Gasteiger partial charge in [0, 0.05) is 11.6 Å². The molecule has 5 heteroatoms. The van der Waals surface area contributed by atoms with E-state index in [1.807, 2.05) is 0 Å². The molecular formula is C15H20N2O3. The Balaban J connectivity index is 2.16. The minimum atomic E-state index is -0.475. The molecule has 0 heterocycles. The lowest BCUT2D eigenvalue weighted by Gasteiger charge is -2.16. The molecule has 1 aliphatic carbocycles. The zero-order valence-corrected chi connectivity index (χ0v) is 11.7. The molecule has 0 unspecified atom stereocenters. The Bertz CT molecular complexity index is 506. The number of nitrogens with one attached hydrogen (secondary N) is 1. The van der Waals surface area contributed by atoms with E-state index in [4.69, 9.17) is 0 Å². The molecule has 20 heavy (non-hydrogen) atoms. The van der Waals surface area contributed by atoms with Crippen LogP contribution < -0.4 is 5.32 Å². The lowest BCUT2D eigenvalue weighted by atomic mass is 10.1. The molecule has 0 atom stereocenters. The average molecular weight is 276 g/mol. The molecule has 1 aliphatic rings. The summed E-state index contributed by atoms with van der Waals surface area (Å²) in [5, 5.41) is 14.1. The maximum atomic E-state index is 12.3. The molecule has 0 aliphatic heterocycles. The first kappa shape index (κ1) is 14.5. The largest absolute Gasteiger partial charge is 0.349 e. The summed E-state index contributed by atoms with van der Waals surface area (Å²) in [6, 6.07) is 5.01. The number of rotatable bonds is 3. The van der Waals surface area contributed by atoms with Crippen molar-refractivity contribution in [2.24, 2.45) is 0 Å². The van der Waals surface area contributed by atoms with Crippen LogP contribution in [0.15, 0.2) is 18.2 Å². The molecule has 0 bridgehead atoms. The lowest BCUT2D eigenvalue weighted by Crippen LogP contribution is -2.34. The second kappa shape index (κ2) is 6.50. The van der Waals surface area contributed by atoms with Crippen LogP contribution in [0.1, 0.15) is 54.4 Å². The number of aryl methyl sites for hydroxylation is 1. The Morgan fingerprint density at radius 2 is 1.90 bits per heavy atom. The zero-order chi connectivity index (χ0) is 14.5. The summed E-state index contributed by atoms with van der Waals surface area (Å²) >= 11 is 0. The van der Waals surface area contributed by atoms with Crippen molar-refractivity contribution < 1.29 is 9.72 Å². The fourth-order valence-corrected chi connectivity index (χ4v) is 2.77. The average Bonchev–Trinajstić information content (AvgIpc) is 2.66. The quantitative estimate of drug-likeness (QED) is 0.522. The molecule has 1 fully saturated rings. The van der Waals surface area contributed by atoms with Gasteiger partial charge in [-0.15, -0.1) is 0 Å². The van der Waals surface area contributed by atoms with E-state index < -0.39 is 4.92 Å². The highest BCUT2D eigenvalue weighted by molar-refractivity contribution is 5.98. The smallest absolute Gasteiger partial charge is 0.285 e. The SMILES string of the molecule is Cc1cccc(C(=O)NC2CCCCCC2)c1[N+](=O)[O-]. The van der Waals surface area contributed by atoms with Gasteiger partial charge in [-0.1, -0.05) is 37.8 Å². The van der Waals surface area contributed by atoms with Crippen molar-refractivity contribution in [1.29, 1.82) is 0 Å². The minimum Gasteiger partial charge on any atom is -0.349 e. The first-order chi connectivity index (χ1) is 9.59. The number of benzene rings is 1. The van der Waals surface area contributed by atoms with Crippen molar-refractivity contribution in [2.45, 2.75) is 51.5 Å². The number of nitro groups is 1. The predicted molar refractivity (Wildman–Crippen MR) is 76.8 cm³/mol. The van der Waals surface area contributed by atoms with Crippen LogP contribution in [0.25, 0.3) is 0 Å². The molecule has 1 saturated carbocycles. The molecule has 1 amide bonds. The van der Waals surface area contributed by atoms with E-state index in [0.29, 0.717) is 5.56 Å². The van der Waals surface area contributed by atoms with E-state index in [-0.39, 0.29) is 23.2 Å². The summed E-state index contributed by atoms with van der Waals surface area (Å²) in [6.45, 7) is 1.65. The molecular weight excluding hydrogens is 256 g/mol. The van der Waals surface area contributed by atoms with Crippen LogP contribution in [0.3, 0.4) is 0 Å². The number of hydrogen-bond donors (Lipinski definition) is 1.